The number of nitrogens with one attached hydrogen (secondary N) is 1. The van der Waals surface area contributed by atoms with Crippen LogP contribution in [0.25, 0.3) is 0 Å². The highest BCUT2D eigenvalue weighted by Crippen LogP contribution is 2.53. The monoisotopic (exact) mass is 395 g/mol. The SMILES string of the molecule is C[C@H]1C[C@](C#N)(C2CC2)C(=O)N1c1ccnc(Nc2cnn(C(C)(C)CO)c2)n1. The molecular weight excluding hydrogens is 370 g/mol. The lowest BCUT2D eigenvalue weighted by molar-refractivity contribution is -0.123. The van der Waals surface area contributed by atoms with Crippen molar-refractivity contribution in [3.05, 3.63) is 24.7 Å². The van der Waals surface area contributed by atoms with Crippen LogP contribution in [0, 0.1) is 22.7 Å². The lowest BCUT2D eigenvalue weighted by Crippen LogP contribution is -2.37. The molecule has 1 amide bonds. The molecule has 2 aromatic rings. The van der Waals surface area contributed by atoms with E-state index in [1.54, 1.807) is 34.2 Å². The van der Waals surface area contributed by atoms with E-state index >= 15 is 0 Å². The molecule has 1 saturated carbocycles. The number of aliphatic hydroxyl groups is 1. The molecule has 4 rings (SSSR count). The Kier molecular flexibility index (Phi) is 4.54. The molecule has 0 aromatic carbocycles. The van der Waals surface area contributed by atoms with Crippen molar-refractivity contribution in [2.75, 3.05) is 16.8 Å². The summed E-state index contributed by atoms with van der Waals surface area (Å²) in [5.41, 5.74) is -0.771. The second-order valence-electron chi connectivity index (χ2n) is 8.59. The molecule has 9 nitrogen and oxygen atoms in total. The normalized spacial score (nSPS) is 24.6. The maximum atomic E-state index is 13.2. The van der Waals surface area contributed by atoms with Crippen LogP contribution >= 0.6 is 0 Å². The van der Waals surface area contributed by atoms with Crippen LogP contribution in [0.15, 0.2) is 24.7 Å². The zero-order chi connectivity index (χ0) is 20.8. The quantitative estimate of drug-likeness (QED) is 0.769. The molecule has 2 N–H and O–H groups in total. The number of aliphatic hydroxyl groups excluding tert-OH is 1. The van der Waals surface area contributed by atoms with Crippen molar-refractivity contribution in [1.82, 2.24) is 19.7 Å². The average Bonchev–Trinajstić information content (AvgIpc) is 3.39. The van der Waals surface area contributed by atoms with E-state index in [2.05, 4.69) is 26.5 Å². The highest BCUT2D eigenvalue weighted by molar-refractivity contribution is 6.02. The molecule has 152 valence electrons. The van der Waals surface area contributed by atoms with Gasteiger partial charge in [0.25, 0.3) is 0 Å². The van der Waals surface area contributed by atoms with Crippen LogP contribution in [0.5, 0.6) is 0 Å². The number of aromatic nitrogens is 4. The number of rotatable bonds is 6. The molecule has 9 heteroatoms. The third-order valence-electron chi connectivity index (χ3n) is 5.87. The second-order valence-corrected chi connectivity index (χ2v) is 8.59. The van der Waals surface area contributed by atoms with E-state index in [-0.39, 0.29) is 24.5 Å². The molecule has 2 aromatic heterocycles. The Morgan fingerprint density at radius 3 is 2.86 bits per heavy atom. The summed E-state index contributed by atoms with van der Waals surface area (Å²) in [5.74, 6) is 0.829. The van der Waals surface area contributed by atoms with E-state index in [0.717, 1.165) is 12.8 Å². The van der Waals surface area contributed by atoms with Crippen molar-refractivity contribution >= 4 is 23.4 Å². The van der Waals surface area contributed by atoms with Gasteiger partial charge in [-0.25, -0.2) is 4.98 Å². The molecule has 0 bridgehead atoms. The van der Waals surface area contributed by atoms with E-state index < -0.39 is 11.0 Å². The van der Waals surface area contributed by atoms with E-state index in [1.165, 1.54) is 0 Å². The molecule has 2 fully saturated rings. The van der Waals surface area contributed by atoms with E-state index in [4.69, 9.17) is 0 Å². The molecular formula is C20H25N7O2. The van der Waals surface area contributed by atoms with Crippen molar-refractivity contribution in [3.8, 4) is 6.07 Å². The summed E-state index contributed by atoms with van der Waals surface area (Å²) in [6, 6.07) is 3.91. The molecule has 29 heavy (non-hydrogen) atoms. The van der Waals surface area contributed by atoms with Gasteiger partial charge >= 0.3 is 0 Å². The molecule has 1 saturated heterocycles. The fourth-order valence-electron chi connectivity index (χ4n) is 3.96. The predicted octanol–water partition coefficient (Wildman–Crippen LogP) is 2.19. The lowest BCUT2D eigenvalue weighted by atomic mass is 9.81. The fourth-order valence-corrected chi connectivity index (χ4v) is 3.96. The van der Waals surface area contributed by atoms with Crippen molar-refractivity contribution in [2.45, 2.75) is 51.6 Å². The molecule has 1 aliphatic carbocycles. The van der Waals surface area contributed by atoms with Crippen LogP contribution < -0.4 is 10.2 Å². The fraction of sp³-hybridized carbons (Fsp3) is 0.550. The maximum Gasteiger partial charge on any atom is 0.249 e. The van der Waals surface area contributed by atoms with Gasteiger partial charge in [0.05, 0.1) is 30.1 Å². The van der Waals surface area contributed by atoms with E-state index in [1.807, 2.05) is 20.8 Å². The summed E-state index contributed by atoms with van der Waals surface area (Å²) in [5, 5.41) is 26.6. The molecule has 0 radical (unpaired) electrons. The van der Waals surface area contributed by atoms with Gasteiger partial charge in [-0.3, -0.25) is 14.4 Å². The third-order valence-corrected chi connectivity index (χ3v) is 5.87. The number of nitrogens with zero attached hydrogens (tertiary/aromatic N) is 6. The van der Waals surface area contributed by atoms with Gasteiger partial charge < -0.3 is 10.4 Å². The number of amides is 1. The first kappa shape index (κ1) is 19.3. The Morgan fingerprint density at radius 1 is 1.45 bits per heavy atom. The second kappa shape index (κ2) is 6.81. The first-order chi connectivity index (χ1) is 13.8. The van der Waals surface area contributed by atoms with Gasteiger partial charge in [-0.05, 0) is 52.0 Å². The largest absolute Gasteiger partial charge is 0.394 e. The van der Waals surface area contributed by atoms with Gasteiger partial charge in [0.15, 0.2) is 0 Å². The Balaban J connectivity index is 1.57. The summed E-state index contributed by atoms with van der Waals surface area (Å²) in [7, 11) is 0. The topological polar surface area (TPSA) is 120 Å². The summed E-state index contributed by atoms with van der Waals surface area (Å²) in [6.45, 7) is 5.66. The molecule has 2 atom stereocenters. The van der Waals surface area contributed by atoms with Crippen molar-refractivity contribution in [3.63, 3.8) is 0 Å². The first-order valence-electron chi connectivity index (χ1n) is 9.82. The molecule has 2 aliphatic rings. The summed E-state index contributed by atoms with van der Waals surface area (Å²) >= 11 is 0. The molecule has 1 aliphatic heterocycles. The first-order valence-corrected chi connectivity index (χ1v) is 9.82. The van der Waals surface area contributed by atoms with E-state index in [0.29, 0.717) is 23.9 Å². The highest BCUT2D eigenvalue weighted by atomic mass is 16.3. The highest BCUT2D eigenvalue weighted by Gasteiger charge is 2.59. The van der Waals surface area contributed by atoms with Gasteiger partial charge in [-0.1, -0.05) is 0 Å². The Morgan fingerprint density at radius 2 is 2.21 bits per heavy atom. The Bertz CT molecular complexity index is 975. The van der Waals surface area contributed by atoms with Crippen LogP contribution in [0.4, 0.5) is 17.5 Å². The number of hydrogen-bond donors (Lipinski definition) is 2. The van der Waals surface area contributed by atoms with Crippen LogP contribution in [0.3, 0.4) is 0 Å². The van der Waals surface area contributed by atoms with Gasteiger partial charge in [0.2, 0.25) is 11.9 Å². The lowest BCUT2D eigenvalue weighted by Gasteiger charge is -2.22. The van der Waals surface area contributed by atoms with E-state index in [9.17, 15) is 15.2 Å². The van der Waals surface area contributed by atoms with Gasteiger partial charge in [0.1, 0.15) is 11.2 Å². The van der Waals surface area contributed by atoms with Crippen LogP contribution in [0.2, 0.25) is 0 Å². The van der Waals surface area contributed by atoms with Gasteiger partial charge in [-0.15, -0.1) is 0 Å². The molecule has 0 spiro atoms. The summed E-state index contributed by atoms with van der Waals surface area (Å²) in [6.07, 6.45) is 7.39. The Labute approximate surface area is 169 Å². The number of hydrogen-bond acceptors (Lipinski definition) is 7. The number of carbonyl (C=O) groups excluding carboxylic acids is 1. The number of anilines is 3. The Hall–Kier alpha value is -2.99. The number of nitriles is 1. The molecule has 0 unspecified atom stereocenters. The molecule has 3 heterocycles. The average molecular weight is 395 g/mol. The van der Waals surface area contributed by atoms with Gasteiger partial charge in [-0.2, -0.15) is 15.3 Å². The third kappa shape index (κ3) is 3.23. The van der Waals surface area contributed by atoms with Crippen LogP contribution in [0.1, 0.15) is 40.0 Å². The predicted molar refractivity (Wildman–Crippen MR) is 106 cm³/mol. The standard InChI is InChI=1S/C20H25N7O2/c1-13-8-20(11-21,14-4-5-14)17(29)27(13)16-6-7-22-18(25-16)24-15-9-23-26(10-15)19(2,3)12-28/h6-7,9-10,13-14,28H,4-5,8,12H2,1-3H3,(H,22,24,25)/t13-,20-/m0/s1. The zero-order valence-electron chi connectivity index (χ0n) is 16.8. The zero-order valence-corrected chi connectivity index (χ0v) is 16.8. The summed E-state index contributed by atoms with van der Waals surface area (Å²) < 4.78 is 1.67. The summed E-state index contributed by atoms with van der Waals surface area (Å²) in [4.78, 5) is 23.5. The minimum Gasteiger partial charge on any atom is -0.394 e. The number of carbonyl (C=O) groups is 1. The maximum absolute atomic E-state index is 13.2. The van der Waals surface area contributed by atoms with Crippen molar-refractivity contribution in [1.29, 1.82) is 5.26 Å². The van der Waals surface area contributed by atoms with Crippen molar-refractivity contribution in [2.24, 2.45) is 11.3 Å². The smallest absolute Gasteiger partial charge is 0.249 e. The minimum absolute atomic E-state index is 0.0449. The van der Waals surface area contributed by atoms with Crippen molar-refractivity contribution < 1.29 is 9.90 Å². The van der Waals surface area contributed by atoms with Gasteiger partial charge in [0, 0.05) is 18.4 Å². The minimum atomic E-state index is -0.922. The van der Waals surface area contributed by atoms with Crippen LogP contribution in [-0.4, -0.2) is 43.4 Å². The van der Waals surface area contributed by atoms with Crippen LogP contribution in [-0.2, 0) is 10.3 Å².